The molecule has 0 aromatic rings. The molecule has 0 saturated carbocycles. The standard InChI is InChI=1S/C10H18O/c1-5-6-9(4)10(11)7-8(2)3/h7,9H,5-6H2,1-4H3. The van der Waals surface area contributed by atoms with Crippen LogP contribution < -0.4 is 0 Å². The van der Waals surface area contributed by atoms with Crippen LogP contribution in [0.15, 0.2) is 11.6 Å². The number of hydrogen-bond acceptors (Lipinski definition) is 1. The van der Waals surface area contributed by atoms with Gasteiger partial charge in [-0.25, -0.2) is 0 Å². The number of carbonyl (C=O) groups excluding carboxylic acids is 1. The lowest BCUT2D eigenvalue weighted by Gasteiger charge is -2.04. The molecule has 0 aromatic carbocycles. The van der Waals surface area contributed by atoms with Gasteiger partial charge in [-0.1, -0.05) is 25.8 Å². The van der Waals surface area contributed by atoms with E-state index in [2.05, 4.69) is 6.92 Å². The molecule has 1 atom stereocenters. The van der Waals surface area contributed by atoms with Crippen molar-refractivity contribution >= 4 is 5.78 Å². The van der Waals surface area contributed by atoms with Crippen LogP contribution in [0, 0.1) is 5.92 Å². The molecule has 0 N–H and O–H groups in total. The van der Waals surface area contributed by atoms with E-state index in [1.54, 1.807) is 6.08 Å². The van der Waals surface area contributed by atoms with Crippen LogP contribution in [0.2, 0.25) is 0 Å². The van der Waals surface area contributed by atoms with Crippen molar-refractivity contribution < 1.29 is 4.79 Å². The maximum atomic E-state index is 11.3. The molecule has 1 heteroatoms. The van der Waals surface area contributed by atoms with Crippen LogP contribution in [0.3, 0.4) is 0 Å². The van der Waals surface area contributed by atoms with Crippen LogP contribution in [-0.2, 0) is 4.79 Å². The van der Waals surface area contributed by atoms with Crippen molar-refractivity contribution in [3.63, 3.8) is 0 Å². The maximum Gasteiger partial charge on any atom is 0.158 e. The first-order valence-corrected chi connectivity index (χ1v) is 4.26. The molecule has 0 heterocycles. The quantitative estimate of drug-likeness (QED) is 0.569. The molecule has 0 saturated heterocycles. The third kappa shape index (κ3) is 4.77. The van der Waals surface area contributed by atoms with E-state index in [9.17, 15) is 4.79 Å². The highest BCUT2D eigenvalue weighted by molar-refractivity contribution is 5.91. The predicted molar refractivity (Wildman–Crippen MR) is 48.5 cm³/mol. The van der Waals surface area contributed by atoms with Crippen LogP contribution in [0.5, 0.6) is 0 Å². The fourth-order valence-electron chi connectivity index (χ4n) is 1.00. The summed E-state index contributed by atoms with van der Waals surface area (Å²) in [6.45, 7) is 8.00. The summed E-state index contributed by atoms with van der Waals surface area (Å²) >= 11 is 0. The van der Waals surface area contributed by atoms with Crippen LogP contribution in [0.25, 0.3) is 0 Å². The highest BCUT2D eigenvalue weighted by Crippen LogP contribution is 2.08. The van der Waals surface area contributed by atoms with Gasteiger partial charge < -0.3 is 0 Å². The van der Waals surface area contributed by atoms with E-state index in [1.807, 2.05) is 20.8 Å². The first kappa shape index (κ1) is 10.4. The molecule has 0 aromatic heterocycles. The summed E-state index contributed by atoms with van der Waals surface area (Å²) in [6, 6.07) is 0. The largest absolute Gasteiger partial charge is 0.295 e. The number of rotatable bonds is 4. The average molecular weight is 154 g/mol. The second kappa shape index (κ2) is 5.11. The Hall–Kier alpha value is -0.590. The minimum absolute atomic E-state index is 0.204. The summed E-state index contributed by atoms with van der Waals surface area (Å²) in [4.78, 5) is 11.3. The van der Waals surface area contributed by atoms with Crippen molar-refractivity contribution in [1.29, 1.82) is 0 Å². The van der Waals surface area contributed by atoms with Crippen molar-refractivity contribution in [2.24, 2.45) is 5.92 Å². The van der Waals surface area contributed by atoms with E-state index < -0.39 is 0 Å². The van der Waals surface area contributed by atoms with Gasteiger partial charge in [0.2, 0.25) is 0 Å². The van der Waals surface area contributed by atoms with Crippen LogP contribution >= 0.6 is 0 Å². The Morgan fingerprint density at radius 1 is 1.45 bits per heavy atom. The zero-order valence-electron chi connectivity index (χ0n) is 7.98. The smallest absolute Gasteiger partial charge is 0.158 e. The summed E-state index contributed by atoms with van der Waals surface area (Å²) in [7, 11) is 0. The first-order valence-electron chi connectivity index (χ1n) is 4.26. The van der Waals surface area contributed by atoms with Gasteiger partial charge in [0.1, 0.15) is 0 Å². The summed E-state index contributed by atoms with van der Waals surface area (Å²) < 4.78 is 0. The molecule has 0 rings (SSSR count). The number of allylic oxidation sites excluding steroid dienone is 2. The molecule has 11 heavy (non-hydrogen) atoms. The molecule has 1 nitrogen and oxygen atoms in total. The minimum atomic E-state index is 0.204. The Morgan fingerprint density at radius 2 is 2.00 bits per heavy atom. The first-order chi connectivity index (χ1) is 5.07. The van der Waals surface area contributed by atoms with Crippen LogP contribution in [0.1, 0.15) is 40.5 Å². The topological polar surface area (TPSA) is 17.1 Å². The van der Waals surface area contributed by atoms with Crippen molar-refractivity contribution in [1.82, 2.24) is 0 Å². The Kier molecular flexibility index (Phi) is 4.84. The van der Waals surface area contributed by atoms with Gasteiger partial charge in [-0.15, -0.1) is 0 Å². The summed E-state index contributed by atoms with van der Waals surface area (Å²) in [5, 5.41) is 0. The second-order valence-electron chi connectivity index (χ2n) is 3.31. The molecule has 64 valence electrons. The lowest BCUT2D eigenvalue weighted by molar-refractivity contribution is -0.117. The Morgan fingerprint density at radius 3 is 2.36 bits per heavy atom. The third-order valence-corrected chi connectivity index (χ3v) is 1.64. The van der Waals surface area contributed by atoms with Crippen LogP contribution in [-0.4, -0.2) is 5.78 Å². The van der Waals surface area contributed by atoms with E-state index in [4.69, 9.17) is 0 Å². The molecular weight excluding hydrogens is 136 g/mol. The van der Waals surface area contributed by atoms with Gasteiger partial charge >= 0.3 is 0 Å². The molecule has 0 aliphatic heterocycles. The van der Waals surface area contributed by atoms with Gasteiger partial charge in [0.25, 0.3) is 0 Å². The molecule has 0 radical (unpaired) electrons. The predicted octanol–water partition coefficient (Wildman–Crippen LogP) is 2.96. The van der Waals surface area contributed by atoms with Crippen molar-refractivity contribution in [3.05, 3.63) is 11.6 Å². The molecule has 0 fully saturated rings. The summed E-state index contributed by atoms with van der Waals surface area (Å²) in [5.41, 5.74) is 1.10. The van der Waals surface area contributed by atoms with Crippen molar-refractivity contribution in [2.45, 2.75) is 40.5 Å². The number of hydrogen-bond donors (Lipinski definition) is 0. The van der Waals surface area contributed by atoms with E-state index in [-0.39, 0.29) is 11.7 Å². The number of carbonyl (C=O) groups is 1. The van der Waals surface area contributed by atoms with Gasteiger partial charge in [-0.2, -0.15) is 0 Å². The minimum Gasteiger partial charge on any atom is -0.295 e. The molecular formula is C10H18O. The molecule has 0 aliphatic rings. The Balaban J connectivity index is 3.93. The van der Waals surface area contributed by atoms with E-state index in [1.165, 1.54) is 0 Å². The maximum absolute atomic E-state index is 11.3. The zero-order valence-corrected chi connectivity index (χ0v) is 7.98. The van der Waals surface area contributed by atoms with Gasteiger partial charge in [0, 0.05) is 5.92 Å². The molecule has 0 bridgehead atoms. The fraction of sp³-hybridized carbons (Fsp3) is 0.700. The Bertz CT molecular complexity index is 152. The van der Waals surface area contributed by atoms with Crippen LogP contribution in [0.4, 0.5) is 0 Å². The second-order valence-corrected chi connectivity index (χ2v) is 3.31. The van der Waals surface area contributed by atoms with E-state index in [0.29, 0.717) is 0 Å². The molecule has 0 amide bonds. The number of ketones is 1. The van der Waals surface area contributed by atoms with Gasteiger partial charge in [-0.3, -0.25) is 4.79 Å². The molecule has 0 spiro atoms. The van der Waals surface area contributed by atoms with Gasteiger partial charge in [-0.05, 0) is 26.3 Å². The fourth-order valence-corrected chi connectivity index (χ4v) is 1.00. The van der Waals surface area contributed by atoms with E-state index >= 15 is 0 Å². The van der Waals surface area contributed by atoms with Crippen molar-refractivity contribution in [3.8, 4) is 0 Å². The third-order valence-electron chi connectivity index (χ3n) is 1.64. The SMILES string of the molecule is CCCC(C)C(=O)C=C(C)C. The van der Waals surface area contributed by atoms with Gasteiger partial charge in [0.15, 0.2) is 5.78 Å². The normalized spacial score (nSPS) is 12.4. The summed E-state index contributed by atoms with van der Waals surface area (Å²) in [6.07, 6.45) is 3.83. The molecule has 0 aliphatic carbocycles. The Labute approximate surface area is 69.5 Å². The summed E-state index contributed by atoms with van der Waals surface area (Å²) in [5.74, 6) is 0.474. The highest BCUT2D eigenvalue weighted by atomic mass is 16.1. The van der Waals surface area contributed by atoms with Crippen molar-refractivity contribution in [2.75, 3.05) is 0 Å². The zero-order chi connectivity index (χ0) is 8.85. The monoisotopic (exact) mass is 154 g/mol. The lowest BCUT2D eigenvalue weighted by atomic mass is 10.00. The highest BCUT2D eigenvalue weighted by Gasteiger charge is 2.07. The molecule has 1 unspecified atom stereocenters. The van der Waals surface area contributed by atoms with E-state index in [0.717, 1.165) is 18.4 Å². The average Bonchev–Trinajstić information content (AvgIpc) is 1.86. The lowest BCUT2D eigenvalue weighted by Crippen LogP contribution is -2.07. The van der Waals surface area contributed by atoms with Gasteiger partial charge in [0.05, 0.1) is 0 Å².